The molecule has 0 fully saturated rings. The molecule has 5 heteroatoms. The minimum Gasteiger partial charge on any atom is -0.489 e. The quantitative estimate of drug-likeness (QED) is 0.642. The van der Waals surface area contributed by atoms with Crippen molar-refractivity contribution >= 4 is 34.2 Å². The molecule has 0 atom stereocenters. The lowest BCUT2D eigenvalue weighted by Gasteiger charge is -2.10. The van der Waals surface area contributed by atoms with Crippen molar-refractivity contribution in [1.82, 2.24) is 0 Å². The minimum absolute atomic E-state index is 0.105. The fourth-order valence-electron chi connectivity index (χ4n) is 1.69. The summed E-state index contributed by atoms with van der Waals surface area (Å²) in [5, 5.41) is 9.14. The lowest BCUT2D eigenvalue weighted by atomic mass is 10.1. The largest absolute Gasteiger partial charge is 0.489 e. The fraction of sp³-hybridized carbons (Fsp3) is 0.0714. The van der Waals surface area contributed by atoms with Gasteiger partial charge in [0.1, 0.15) is 12.4 Å². The van der Waals surface area contributed by atoms with E-state index in [1.165, 1.54) is 0 Å². The Kier molecular flexibility index (Phi) is 4.26. The molecular weight excluding hydrogens is 357 g/mol. The summed E-state index contributed by atoms with van der Waals surface area (Å²) >= 11 is 2.20. The number of rotatable bonds is 4. The van der Waals surface area contributed by atoms with Gasteiger partial charge in [0.25, 0.3) is 0 Å². The molecule has 3 N–H and O–H groups in total. The highest BCUT2D eigenvalue weighted by molar-refractivity contribution is 14.1. The van der Waals surface area contributed by atoms with Crippen LogP contribution in [-0.4, -0.2) is 11.1 Å². The zero-order valence-corrected chi connectivity index (χ0v) is 12.1. The normalized spacial score (nSPS) is 10.2. The van der Waals surface area contributed by atoms with Crippen LogP contribution in [0.15, 0.2) is 42.5 Å². The molecule has 0 unspecified atom stereocenters. The van der Waals surface area contributed by atoms with E-state index in [4.69, 9.17) is 15.6 Å². The fourth-order valence-corrected chi connectivity index (χ4v) is 2.05. The molecule has 98 valence electrons. The van der Waals surface area contributed by atoms with Gasteiger partial charge in [-0.2, -0.15) is 0 Å². The number of halogens is 1. The average Bonchev–Trinajstić information content (AvgIpc) is 2.37. The first kappa shape index (κ1) is 13.7. The van der Waals surface area contributed by atoms with Gasteiger partial charge >= 0.3 is 5.97 Å². The Balaban J connectivity index is 2.18. The first-order valence-corrected chi connectivity index (χ1v) is 6.65. The van der Waals surface area contributed by atoms with Crippen molar-refractivity contribution in [2.45, 2.75) is 6.61 Å². The van der Waals surface area contributed by atoms with Crippen molar-refractivity contribution in [2.24, 2.45) is 0 Å². The third-order valence-electron chi connectivity index (χ3n) is 2.60. The number of nitrogens with two attached hydrogens (primary N) is 1. The summed E-state index contributed by atoms with van der Waals surface area (Å²) in [5.41, 5.74) is 6.59. The van der Waals surface area contributed by atoms with Crippen LogP contribution in [0, 0.1) is 3.57 Å². The molecule has 2 rings (SSSR count). The second kappa shape index (κ2) is 5.92. The second-order valence-electron chi connectivity index (χ2n) is 3.93. The molecule has 4 nitrogen and oxygen atoms in total. The van der Waals surface area contributed by atoms with E-state index in [1.807, 2.05) is 24.3 Å². The predicted octanol–water partition coefficient (Wildman–Crippen LogP) is 3.15. The van der Waals surface area contributed by atoms with Gasteiger partial charge in [-0.05, 0) is 52.9 Å². The lowest BCUT2D eigenvalue weighted by Crippen LogP contribution is -2.09. The van der Waals surface area contributed by atoms with Gasteiger partial charge in [0.05, 0.1) is 5.56 Å². The summed E-state index contributed by atoms with van der Waals surface area (Å²) in [6, 6.07) is 12.5. The number of nitrogen functional groups attached to an aromatic ring is 1. The summed E-state index contributed by atoms with van der Waals surface area (Å²) < 4.78 is 6.68. The van der Waals surface area contributed by atoms with Crippen molar-refractivity contribution in [1.29, 1.82) is 0 Å². The van der Waals surface area contributed by atoms with E-state index < -0.39 is 5.97 Å². The maximum Gasteiger partial charge on any atom is 0.338 e. The number of ether oxygens (including phenoxy) is 1. The maximum absolute atomic E-state index is 11.2. The number of carboxylic acid groups (broad SMARTS) is 1. The number of carbonyl (C=O) groups is 1. The average molecular weight is 369 g/mol. The smallest absolute Gasteiger partial charge is 0.338 e. The van der Waals surface area contributed by atoms with Crippen LogP contribution < -0.4 is 10.5 Å². The van der Waals surface area contributed by atoms with Gasteiger partial charge in [-0.15, -0.1) is 0 Å². The van der Waals surface area contributed by atoms with Gasteiger partial charge in [0.2, 0.25) is 0 Å². The molecule has 0 bridgehead atoms. The van der Waals surface area contributed by atoms with E-state index in [-0.39, 0.29) is 17.9 Å². The summed E-state index contributed by atoms with van der Waals surface area (Å²) in [6.07, 6.45) is 0. The molecule has 0 radical (unpaired) electrons. The summed E-state index contributed by atoms with van der Waals surface area (Å²) in [7, 11) is 0. The zero-order chi connectivity index (χ0) is 13.8. The first-order chi connectivity index (χ1) is 9.08. The Morgan fingerprint density at radius 2 is 1.89 bits per heavy atom. The molecule has 0 saturated heterocycles. The molecule has 0 aliphatic rings. The van der Waals surface area contributed by atoms with Crippen LogP contribution in [0.5, 0.6) is 5.75 Å². The highest BCUT2D eigenvalue weighted by Crippen LogP contribution is 2.20. The Hall–Kier alpha value is -1.76. The Labute approximate surface area is 124 Å². The van der Waals surface area contributed by atoms with E-state index in [0.717, 1.165) is 3.57 Å². The van der Waals surface area contributed by atoms with E-state index >= 15 is 0 Å². The molecule has 19 heavy (non-hydrogen) atoms. The number of hydrogen-bond acceptors (Lipinski definition) is 3. The predicted molar refractivity (Wildman–Crippen MR) is 81.3 cm³/mol. The Morgan fingerprint density at radius 3 is 2.53 bits per heavy atom. The molecular formula is C14H12INO3. The van der Waals surface area contributed by atoms with Crippen molar-refractivity contribution in [3.05, 3.63) is 57.2 Å². The van der Waals surface area contributed by atoms with Gasteiger partial charge in [-0.3, -0.25) is 0 Å². The molecule has 0 aliphatic carbocycles. The van der Waals surface area contributed by atoms with E-state index in [9.17, 15) is 4.79 Å². The van der Waals surface area contributed by atoms with Crippen LogP contribution in [0.2, 0.25) is 0 Å². The van der Waals surface area contributed by atoms with Crippen molar-refractivity contribution < 1.29 is 14.6 Å². The monoisotopic (exact) mass is 369 g/mol. The third-order valence-corrected chi connectivity index (χ3v) is 3.32. The van der Waals surface area contributed by atoms with Gasteiger partial charge in [-0.1, -0.05) is 12.1 Å². The van der Waals surface area contributed by atoms with Crippen molar-refractivity contribution in [3.63, 3.8) is 0 Å². The van der Waals surface area contributed by atoms with Gasteiger partial charge < -0.3 is 15.6 Å². The summed E-state index contributed by atoms with van der Waals surface area (Å²) in [6.45, 7) is 0.174. The molecule has 0 aromatic heterocycles. The van der Waals surface area contributed by atoms with E-state index in [2.05, 4.69) is 22.6 Å². The first-order valence-electron chi connectivity index (χ1n) is 5.57. The summed E-state index contributed by atoms with van der Waals surface area (Å²) in [4.78, 5) is 11.2. The number of carboxylic acids is 1. The number of aromatic carboxylic acids is 1. The molecule has 0 aliphatic heterocycles. The highest BCUT2D eigenvalue weighted by Gasteiger charge is 2.13. The SMILES string of the molecule is Nc1cccc(COc2ccc(I)cc2)c1C(=O)O. The van der Waals surface area contributed by atoms with Crippen LogP contribution in [0.1, 0.15) is 15.9 Å². The van der Waals surface area contributed by atoms with E-state index in [0.29, 0.717) is 11.3 Å². The molecule has 0 amide bonds. The molecule has 0 heterocycles. The van der Waals surface area contributed by atoms with Crippen LogP contribution in [0.25, 0.3) is 0 Å². The molecule has 0 spiro atoms. The highest BCUT2D eigenvalue weighted by atomic mass is 127. The number of benzene rings is 2. The maximum atomic E-state index is 11.2. The van der Waals surface area contributed by atoms with Gasteiger partial charge in [0, 0.05) is 14.8 Å². The standard InChI is InChI=1S/C14H12INO3/c15-10-4-6-11(7-5-10)19-8-9-2-1-3-12(16)13(9)14(17)18/h1-7H,8,16H2,(H,17,18). The summed E-state index contributed by atoms with van der Waals surface area (Å²) in [5.74, 6) is -0.349. The molecule has 0 saturated carbocycles. The molecule has 2 aromatic rings. The number of hydrogen-bond donors (Lipinski definition) is 2. The van der Waals surface area contributed by atoms with Crippen LogP contribution in [0.4, 0.5) is 5.69 Å². The van der Waals surface area contributed by atoms with Gasteiger partial charge in [0.15, 0.2) is 0 Å². The van der Waals surface area contributed by atoms with E-state index in [1.54, 1.807) is 18.2 Å². The van der Waals surface area contributed by atoms with Crippen molar-refractivity contribution in [3.8, 4) is 5.75 Å². The van der Waals surface area contributed by atoms with Gasteiger partial charge in [-0.25, -0.2) is 4.79 Å². The third kappa shape index (κ3) is 3.37. The Bertz CT molecular complexity index is 596. The van der Waals surface area contributed by atoms with Crippen LogP contribution in [-0.2, 0) is 6.61 Å². The number of anilines is 1. The molecule has 2 aromatic carbocycles. The van der Waals surface area contributed by atoms with Crippen LogP contribution in [0.3, 0.4) is 0 Å². The Morgan fingerprint density at radius 1 is 1.21 bits per heavy atom. The topological polar surface area (TPSA) is 72.5 Å². The zero-order valence-electron chi connectivity index (χ0n) is 9.97. The van der Waals surface area contributed by atoms with Crippen molar-refractivity contribution in [2.75, 3.05) is 5.73 Å². The second-order valence-corrected chi connectivity index (χ2v) is 5.17. The minimum atomic E-state index is -1.04. The lowest BCUT2D eigenvalue weighted by molar-refractivity contribution is 0.0695. The van der Waals surface area contributed by atoms with Crippen LogP contribution >= 0.6 is 22.6 Å².